The van der Waals surface area contributed by atoms with Crippen LogP contribution >= 0.6 is 0 Å². The molecule has 2 saturated heterocycles. The smallest absolute Gasteiger partial charge is 0.237 e. The molecule has 1 aromatic rings. The van der Waals surface area contributed by atoms with Gasteiger partial charge in [-0.15, -0.1) is 13.2 Å². The minimum Gasteiger partial charge on any atom is -0.353 e. The van der Waals surface area contributed by atoms with Crippen LogP contribution in [0, 0.1) is 11.6 Å². The van der Waals surface area contributed by atoms with Gasteiger partial charge < -0.3 is 10.2 Å². The lowest BCUT2D eigenvalue weighted by molar-refractivity contribution is -0.141. The first-order valence-electron chi connectivity index (χ1n) is 10.4. The van der Waals surface area contributed by atoms with Gasteiger partial charge >= 0.3 is 0 Å². The summed E-state index contributed by atoms with van der Waals surface area (Å²) < 4.78 is 26.8. The zero-order valence-electron chi connectivity index (χ0n) is 17.2. The van der Waals surface area contributed by atoms with E-state index in [1.165, 1.54) is 6.07 Å². The molecule has 2 aliphatic rings. The number of halogens is 2. The Bertz CT molecular complexity index is 817. The van der Waals surface area contributed by atoms with Crippen LogP contribution in [0.25, 0.3) is 0 Å². The molecule has 2 aliphatic heterocycles. The predicted molar refractivity (Wildman–Crippen MR) is 111 cm³/mol. The Morgan fingerprint density at radius 3 is 2.60 bits per heavy atom. The summed E-state index contributed by atoms with van der Waals surface area (Å²) in [5.41, 5.74) is 0.242. The average Bonchev–Trinajstić information content (AvgIpc) is 3.11. The van der Waals surface area contributed by atoms with Gasteiger partial charge in [0, 0.05) is 31.7 Å². The lowest BCUT2D eigenvalue weighted by Crippen LogP contribution is -2.57. The van der Waals surface area contributed by atoms with Gasteiger partial charge in [0.15, 0.2) is 11.6 Å². The molecule has 0 aliphatic carbocycles. The molecule has 162 valence electrons. The number of carbonyl (C=O) groups is 2. The van der Waals surface area contributed by atoms with Gasteiger partial charge in [0.25, 0.3) is 0 Å². The molecule has 0 aromatic heterocycles. The molecule has 0 radical (unpaired) electrons. The molecular weight excluding hydrogens is 388 g/mol. The molecule has 0 unspecified atom stereocenters. The van der Waals surface area contributed by atoms with Gasteiger partial charge in [-0.1, -0.05) is 18.2 Å². The van der Waals surface area contributed by atoms with Crippen LogP contribution in [-0.4, -0.2) is 52.8 Å². The van der Waals surface area contributed by atoms with E-state index in [0.29, 0.717) is 38.0 Å². The number of likely N-dealkylation sites (tertiary alicyclic amines) is 1. The van der Waals surface area contributed by atoms with E-state index < -0.39 is 17.7 Å². The molecule has 2 heterocycles. The van der Waals surface area contributed by atoms with Gasteiger partial charge in [0.05, 0.1) is 12.5 Å². The molecule has 0 saturated carbocycles. The SMILES string of the molecule is C=CCC1(CC=C)CCCN1C(=O)C[C@H]1C(=O)NCCN1Cc1ccc(F)c(F)c1. The highest BCUT2D eigenvalue weighted by Gasteiger charge is 2.43. The molecule has 2 amide bonds. The Morgan fingerprint density at radius 2 is 1.93 bits per heavy atom. The van der Waals surface area contributed by atoms with Crippen molar-refractivity contribution >= 4 is 11.8 Å². The van der Waals surface area contributed by atoms with Crippen molar-refractivity contribution in [2.45, 2.75) is 50.2 Å². The van der Waals surface area contributed by atoms with Crippen LogP contribution < -0.4 is 5.32 Å². The molecule has 3 rings (SSSR count). The highest BCUT2D eigenvalue weighted by molar-refractivity contribution is 5.89. The number of hydrogen-bond donors (Lipinski definition) is 1. The van der Waals surface area contributed by atoms with Crippen molar-refractivity contribution in [2.24, 2.45) is 0 Å². The summed E-state index contributed by atoms with van der Waals surface area (Å²) in [4.78, 5) is 29.6. The Hall–Kier alpha value is -2.54. The lowest BCUT2D eigenvalue weighted by atomic mass is 9.87. The number of nitrogens with one attached hydrogen (secondary N) is 1. The summed E-state index contributed by atoms with van der Waals surface area (Å²) in [6.45, 7) is 9.60. The fourth-order valence-corrected chi connectivity index (χ4v) is 4.69. The molecule has 1 N–H and O–H groups in total. The summed E-state index contributed by atoms with van der Waals surface area (Å²) in [7, 11) is 0. The summed E-state index contributed by atoms with van der Waals surface area (Å²) in [6, 6.07) is 3.08. The van der Waals surface area contributed by atoms with E-state index >= 15 is 0 Å². The topological polar surface area (TPSA) is 52.7 Å². The maximum Gasteiger partial charge on any atom is 0.237 e. The number of carbonyl (C=O) groups excluding carboxylic acids is 2. The molecule has 2 fully saturated rings. The first-order chi connectivity index (χ1) is 14.4. The van der Waals surface area contributed by atoms with Gasteiger partial charge in [-0.3, -0.25) is 14.5 Å². The number of rotatable bonds is 8. The minimum atomic E-state index is -0.919. The van der Waals surface area contributed by atoms with Gasteiger partial charge in [0.2, 0.25) is 11.8 Å². The van der Waals surface area contributed by atoms with Crippen LogP contribution in [0.15, 0.2) is 43.5 Å². The van der Waals surface area contributed by atoms with Crippen molar-refractivity contribution in [3.8, 4) is 0 Å². The van der Waals surface area contributed by atoms with E-state index in [0.717, 1.165) is 25.0 Å². The van der Waals surface area contributed by atoms with Crippen LogP contribution in [0.1, 0.15) is 37.7 Å². The molecule has 7 heteroatoms. The third-order valence-electron chi connectivity index (χ3n) is 6.13. The summed E-state index contributed by atoms with van der Waals surface area (Å²) in [5.74, 6) is -2.11. The van der Waals surface area contributed by atoms with Crippen LogP contribution in [0.2, 0.25) is 0 Å². The first kappa shape index (κ1) is 22.2. The van der Waals surface area contributed by atoms with Gasteiger partial charge in [-0.25, -0.2) is 8.78 Å². The summed E-state index contributed by atoms with van der Waals surface area (Å²) >= 11 is 0. The fraction of sp³-hybridized carbons (Fsp3) is 0.478. The molecule has 5 nitrogen and oxygen atoms in total. The largest absolute Gasteiger partial charge is 0.353 e. The van der Waals surface area contributed by atoms with E-state index in [1.807, 2.05) is 22.0 Å². The zero-order chi connectivity index (χ0) is 21.7. The highest BCUT2D eigenvalue weighted by atomic mass is 19.2. The van der Waals surface area contributed by atoms with Crippen molar-refractivity contribution < 1.29 is 18.4 Å². The minimum absolute atomic E-state index is 0.0472. The monoisotopic (exact) mass is 417 g/mol. The van der Waals surface area contributed by atoms with Crippen LogP contribution in [0.3, 0.4) is 0 Å². The maximum absolute atomic E-state index is 13.6. The molecule has 1 aromatic carbocycles. The zero-order valence-corrected chi connectivity index (χ0v) is 17.2. The molecule has 30 heavy (non-hydrogen) atoms. The number of amides is 2. The van der Waals surface area contributed by atoms with E-state index in [-0.39, 0.29) is 30.3 Å². The van der Waals surface area contributed by atoms with Gasteiger partial charge in [-0.05, 0) is 43.4 Å². The maximum atomic E-state index is 13.6. The van der Waals surface area contributed by atoms with Crippen molar-refractivity contribution in [1.29, 1.82) is 0 Å². The average molecular weight is 418 g/mol. The number of benzene rings is 1. The van der Waals surface area contributed by atoms with Crippen molar-refractivity contribution in [2.75, 3.05) is 19.6 Å². The third-order valence-corrected chi connectivity index (χ3v) is 6.13. The molecule has 0 spiro atoms. The van der Waals surface area contributed by atoms with E-state index in [4.69, 9.17) is 0 Å². The Morgan fingerprint density at radius 1 is 1.20 bits per heavy atom. The number of piperazine rings is 1. The second-order valence-corrected chi connectivity index (χ2v) is 8.09. The molecule has 1 atom stereocenters. The van der Waals surface area contributed by atoms with Crippen molar-refractivity contribution in [1.82, 2.24) is 15.1 Å². The summed E-state index contributed by atoms with van der Waals surface area (Å²) in [5, 5.41) is 2.82. The van der Waals surface area contributed by atoms with Crippen molar-refractivity contribution in [3.63, 3.8) is 0 Å². The quantitative estimate of drug-likeness (QED) is 0.661. The fourth-order valence-electron chi connectivity index (χ4n) is 4.69. The Kier molecular flexibility index (Phi) is 7.02. The van der Waals surface area contributed by atoms with E-state index in [1.54, 1.807) is 0 Å². The molecular formula is C23H29F2N3O2. The normalized spacial score (nSPS) is 21.3. The van der Waals surface area contributed by atoms with Crippen LogP contribution in [-0.2, 0) is 16.1 Å². The van der Waals surface area contributed by atoms with Gasteiger partial charge in [0.1, 0.15) is 0 Å². The highest BCUT2D eigenvalue weighted by Crippen LogP contribution is 2.37. The summed E-state index contributed by atoms with van der Waals surface area (Å²) in [6.07, 6.45) is 6.86. The van der Waals surface area contributed by atoms with E-state index in [2.05, 4.69) is 18.5 Å². The second kappa shape index (κ2) is 9.51. The van der Waals surface area contributed by atoms with Crippen molar-refractivity contribution in [3.05, 3.63) is 60.7 Å². The number of hydrogen-bond acceptors (Lipinski definition) is 3. The lowest BCUT2D eigenvalue weighted by Gasteiger charge is -2.40. The second-order valence-electron chi connectivity index (χ2n) is 8.09. The third kappa shape index (κ3) is 4.61. The Labute approximate surface area is 176 Å². The van der Waals surface area contributed by atoms with Gasteiger partial charge in [-0.2, -0.15) is 0 Å². The standard InChI is InChI=1S/C23H29F2N3O2/c1-3-8-23(9-4-2)10-5-12-28(23)21(29)15-20-22(30)26-11-13-27(20)16-17-6-7-18(24)19(25)14-17/h3-4,6-7,14,20H,1-2,5,8-13,15-16H2,(H,26,30)/t20-/m0/s1. The first-order valence-corrected chi connectivity index (χ1v) is 10.4. The molecule has 0 bridgehead atoms. The van der Waals surface area contributed by atoms with E-state index in [9.17, 15) is 18.4 Å². The number of nitrogens with zero attached hydrogens (tertiary/aromatic N) is 2. The Balaban J connectivity index is 1.76. The van der Waals surface area contributed by atoms with Crippen LogP contribution in [0.5, 0.6) is 0 Å². The predicted octanol–water partition coefficient (Wildman–Crippen LogP) is 3.17. The van der Waals surface area contributed by atoms with Crippen LogP contribution in [0.4, 0.5) is 8.78 Å².